The second-order valence-corrected chi connectivity index (χ2v) is 6.78. The van der Waals surface area contributed by atoms with Crippen LogP contribution in [0.4, 0.5) is 5.69 Å². The number of nitrogens with two attached hydrogens (primary N) is 1. The van der Waals surface area contributed by atoms with Gasteiger partial charge < -0.3 is 10.5 Å². The van der Waals surface area contributed by atoms with E-state index < -0.39 is 10.0 Å². The third kappa shape index (κ3) is 3.13. The predicted molar refractivity (Wildman–Crippen MR) is 81.2 cm³/mol. The molecule has 0 aromatic heterocycles. The van der Waals surface area contributed by atoms with E-state index in [2.05, 4.69) is 0 Å². The lowest BCUT2D eigenvalue weighted by Crippen LogP contribution is -2.41. The molecule has 1 aromatic carbocycles. The maximum absolute atomic E-state index is 12.9. The van der Waals surface area contributed by atoms with Gasteiger partial charge in [0.25, 0.3) is 0 Å². The maximum Gasteiger partial charge on any atom is 0.245 e. The number of sulfonamides is 1. The van der Waals surface area contributed by atoms with E-state index in [4.69, 9.17) is 10.5 Å². The van der Waals surface area contributed by atoms with Crippen molar-refractivity contribution in [3.63, 3.8) is 0 Å². The van der Waals surface area contributed by atoms with Gasteiger partial charge in [0.2, 0.25) is 10.0 Å². The van der Waals surface area contributed by atoms with Crippen LogP contribution in [0.5, 0.6) is 0 Å². The summed E-state index contributed by atoms with van der Waals surface area (Å²) in [6.45, 7) is 7.93. The van der Waals surface area contributed by atoms with Crippen LogP contribution < -0.4 is 5.73 Å². The second-order valence-electron chi connectivity index (χ2n) is 4.95. The number of rotatable bonds is 6. The summed E-state index contributed by atoms with van der Waals surface area (Å²) in [5.74, 6) is 0. The first-order chi connectivity index (χ1) is 9.27. The fourth-order valence-electron chi connectivity index (χ4n) is 2.31. The lowest BCUT2D eigenvalue weighted by Gasteiger charge is -2.28. The van der Waals surface area contributed by atoms with Gasteiger partial charge in [-0.15, -0.1) is 0 Å². The molecule has 0 saturated carbocycles. The van der Waals surface area contributed by atoms with Gasteiger partial charge in [-0.1, -0.05) is 19.1 Å². The largest absolute Gasteiger partial charge is 0.397 e. The molecule has 5 nitrogen and oxygen atoms in total. The van der Waals surface area contributed by atoms with Gasteiger partial charge in [0.15, 0.2) is 0 Å². The van der Waals surface area contributed by atoms with Crippen molar-refractivity contribution in [3.8, 4) is 0 Å². The van der Waals surface area contributed by atoms with Crippen LogP contribution in [-0.2, 0) is 14.8 Å². The third-order valence-electron chi connectivity index (χ3n) is 3.39. The van der Waals surface area contributed by atoms with Crippen molar-refractivity contribution in [1.82, 2.24) is 4.31 Å². The summed E-state index contributed by atoms with van der Waals surface area (Å²) in [7, 11) is -2.07. The van der Waals surface area contributed by atoms with Crippen LogP contribution in [0.1, 0.15) is 25.0 Å². The minimum Gasteiger partial charge on any atom is -0.397 e. The molecule has 0 fully saturated rings. The summed E-state index contributed by atoms with van der Waals surface area (Å²) >= 11 is 0. The molecule has 1 aromatic rings. The summed E-state index contributed by atoms with van der Waals surface area (Å²) < 4.78 is 32.2. The van der Waals surface area contributed by atoms with Gasteiger partial charge in [0.05, 0.1) is 12.3 Å². The number of aryl methyl sites for hydroxylation is 2. The van der Waals surface area contributed by atoms with Crippen molar-refractivity contribution in [2.24, 2.45) is 0 Å². The quantitative estimate of drug-likeness (QED) is 0.815. The maximum atomic E-state index is 12.9. The summed E-state index contributed by atoms with van der Waals surface area (Å²) in [5.41, 5.74) is 7.76. The van der Waals surface area contributed by atoms with Gasteiger partial charge in [-0.25, -0.2) is 8.42 Å². The molecule has 0 aliphatic rings. The molecule has 0 aliphatic carbocycles. The molecule has 1 atom stereocenters. The van der Waals surface area contributed by atoms with Crippen molar-refractivity contribution in [1.29, 1.82) is 0 Å². The summed E-state index contributed by atoms with van der Waals surface area (Å²) in [6.07, 6.45) is 0. The summed E-state index contributed by atoms with van der Waals surface area (Å²) in [5, 5.41) is 0. The van der Waals surface area contributed by atoms with E-state index in [1.165, 1.54) is 4.31 Å². The first-order valence-electron chi connectivity index (χ1n) is 6.63. The van der Waals surface area contributed by atoms with Crippen LogP contribution in [0, 0.1) is 13.8 Å². The molecule has 0 spiro atoms. The monoisotopic (exact) mass is 300 g/mol. The molecule has 114 valence electrons. The fraction of sp³-hybridized carbons (Fsp3) is 0.571. The molecule has 20 heavy (non-hydrogen) atoms. The summed E-state index contributed by atoms with van der Waals surface area (Å²) in [4.78, 5) is 0.210. The number of hydrogen-bond donors (Lipinski definition) is 1. The zero-order valence-electron chi connectivity index (χ0n) is 12.8. The number of anilines is 1. The average Bonchev–Trinajstić information content (AvgIpc) is 2.35. The Morgan fingerprint density at radius 3 is 2.35 bits per heavy atom. The van der Waals surface area contributed by atoms with E-state index >= 15 is 0 Å². The number of nitrogen functional groups attached to an aromatic ring is 1. The smallest absolute Gasteiger partial charge is 0.245 e. The third-order valence-corrected chi connectivity index (χ3v) is 5.68. The Kier molecular flexibility index (Phi) is 5.56. The Labute approximate surface area is 121 Å². The van der Waals surface area contributed by atoms with Crippen molar-refractivity contribution in [2.75, 3.05) is 26.0 Å². The Hall–Kier alpha value is -1.11. The van der Waals surface area contributed by atoms with Gasteiger partial charge in [-0.05, 0) is 31.9 Å². The normalized spacial score (nSPS) is 13.7. The molecule has 1 unspecified atom stereocenters. The standard InChI is InChI=1S/C14H24N2O3S/c1-6-16(12(4)9-19-5)20(17,18)14-11(3)8-7-10(2)13(14)15/h7-8,12H,6,9,15H2,1-5H3. The zero-order valence-corrected chi connectivity index (χ0v) is 13.6. The fourth-order valence-corrected chi connectivity index (χ4v) is 4.33. The molecule has 0 heterocycles. The van der Waals surface area contributed by atoms with Crippen molar-refractivity contribution >= 4 is 15.7 Å². The van der Waals surface area contributed by atoms with Gasteiger partial charge in [-0.3, -0.25) is 0 Å². The number of hydrogen-bond acceptors (Lipinski definition) is 4. The highest BCUT2D eigenvalue weighted by Crippen LogP contribution is 2.29. The van der Waals surface area contributed by atoms with Crippen molar-refractivity contribution in [2.45, 2.75) is 38.6 Å². The van der Waals surface area contributed by atoms with Crippen LogP contribution in [0.25, 0.3) is 0 Å². The second kappa shape index (κ2) is 6.56. The molecular formula is C14H24N2O3S. The van der Waals surface area contributed by atoms with E-state index in [0.29, 0.717) is 24.4 Å². The van der Waals surface area contributed by atoms with Crippen LogP contribution in [0.3, 0.4) is 0 Å². The number of benzene rings is 1. The summed E-state index contributed by atoms with van der Waals surface area (Å²) in [6, 6.07) is 3.38. The van der Waals surface area contributed by atoms with Crippen molar-refractivity contribution in [3.05, 3.63) is 23.3 Å². The molecule has 0 saturated heterocycles. The molecule has 0 radical (unpaired) electrons. The van der Waals surface area contributed by atoms with Crippen LogP contribution in [-0.4, -0.2) is 39.0 Å². The predicted octanol–water partition coefficient (Wildman–Crippen LogP) is 1.93. The van der Waals surface area contributed by atoms with Crippen LogP contribution >= 0.6 is 0 Å². The number of methoxy groups -OCH3 is 1. The molecule has 2 N–H and O–H groups in total. The van der Waals surface area contributed by atoms with E-state index in [1.807, 2.05) is 26.8 Å². The molecule has 0 amide bonds. The zero-order chi connectivity index (χ0) is 15.5. The SMILES string of the molecule is CCN(C(C)COC)S(=O)(=O)c1c(C)ccc(C)c1N. The molecular weight excluding hydrogens is 276 g/mol. The number of nitrogens with zero attached hydrogens (tertiary/aromatic N) is 1. The highest BCUT2D eigenvalue weighted by molar-refractivity contribution is 7.89. The average molecular weight is 300 g/mol. The lowest BCUT2D eigenvalue weighted by atomic mass is 10.1. The number of likely N-dealkylation sites (N-methyl/N-ethyl adjacent to an activating group) is 1. The van der Waals surface area contributed by atoms with E-state index in [0.717, 1.165) is 5.56 Å². The topological polar surface area (TPSA) is 72.6 Å². The van der Waals surface area contributed by atoms with E-state index in [1.54, 1.807) is 20.1 Å². The van der Waals surface area contributed by atoms with Crippen molar-refractivity contribution < 1.29 is 13.2 Å². The highest BCUT2D eigenvalue weighted by atomic mass is 32.2. The van der Waals surface area contributed by atoms with Crippen LogP contribution in [0.2, 0.25) is 0 Å². The molecule has 1 rings (SSSR count). The Morgan fingerprint density at radius 2 is 1.85 bits per heavy atom. The number of ether oxygens (including phenoxy) is 1. The molecule has 6 heteroatoms. The highest BCUT2D eigenvalue weighted by Gasteiger charge is 2.31. The van der Waals surface area contributed by atoms with Crippen LogP contribution in [0.15, 0.2) is 17.0 Å². The Bertz CT molecular complexity index is 570. The lowest BCUT2D eigenvalue weighted by molar-refractivity contribution is 0.142. The van der Waals surface area contributed by atoms with Gasteiger partial charge in [-0.2, -0.15) is 4.31 Å². The van der Waals surface area contributed by atoms with Gasteiger partial charge >= 0.3 is 0 Å². The van der Waals surface area contributed by atoms with Gasteiger partial charge in [0, 0.05) is 19.7 Å². The Morgan fingerprint density at radius 1 is 1.30 bits per heavy atom. The van der Waals surface area contributed by atoms with E-state index in [-0.39, 0.29) is 10.9 Å². The Balaban J connectivity index is 3.39. The molecule has 0 bridgehead atoms. The minimum atomic E-state index is -3.63. The molecule has 0 aliphatic heterocycles. The van der Waals surface area contributed by atoms with Gasteiger partial charge in [0.1, 0.15) is 4.90 Å². The van der Waals surface area contributed by atoms with E-state index in [9.17, 15) is 8.42 Å². The first kappa shape index (κ1) is 16.9. The first-order valence-corrected chi connectivity index (χ1v) is 8.07. The minimum absolute atomic E-state index is 0.210.